The highest BCUT2D eigenvalue weighted by Crippen LogP contribution is 2.15. The fourth-order valence-corrected chi connectivity index (χ4v) is 2.15. The van der Waals surface area contributed by atoms with Crippen LogP contribution in [-0.4, -0.2) is 46.3 Å². The number of alkyl carbamates (subject to hydrolysis) is 1. The van der Waals surface area contributed by atoms with Crippen LogP contribution in [0.5, 0.6) is 0 Å². The number of hydrogen-bond acceptors (Lipinski definition) is 6. The molecule has 2 heterocycles. The third-order valence-electron chi connectivity index (χ3n) is 3.03. The van der Waals surface area contributed by atoms with Crippen LogP contribution in [0.1, 0.15) is 37.0 Å². The predicted octanol–water partition coefficient (Wildman–Crippen LogP) is 0.762. The fraction of sp³-hybridized carbons (Fsp3) is 0.692. The van der Waals surface area contributed by atoms with Gasteiger partial charge in [0.25, 0.3) is 0 Å². The molecule has 1 aliphatic rings. The number of ether oxygens (including phenoxy) is 2. The second kappa shape index (κ2) is 6.55. The van der Waals surface area contributed by atoms with Crippen molar-refractivity contribution in [3.8, 4) is 0 Å². The van der Waals surface area contributed by atoms with E-state index in [1.54, 1.807) is 11.6 Å². The quantitative estimate of drug-likeness (QED) is 0.779. The third-order valence-corrected chi connectivity index (χ3v) is 3.03. The molecule has 1 fully saturated rings. The van der Waals surface area contributed by atoms with Gasteiger partial charge in [0.2, 0.25) is 0 Å². The molecule has 0 bridgehead atoms. The Balaban J connectivity index is 2.19. The van der Waals surface area contributed by atoms with Crippen molar-refractivity contribution in [3.05, 3.63) is 11.4 Å². The maximum atomic E-state index is 11.9. The summed E-state index contributed by atoms with van der Waals surface area (Å²) in [5.74, 6) is -0.138. The van der Waals surface area contributed by atoms with Crippen LogP contribution in [0.3, 0.4) is 0 Å². The van der Waals surface area contributed by atoms with Crippen LogP contribution in [0.15, 0.2) is 0 Å². The van der Waals surface area contributed by atoms with E-state index in [9.17, 15) is 9.59 Å². The van der Waals surface area contributed by atoms with Crippen molar-refractivity contribution < 1.29 is 19.1 Å². The molecule has 0 spiro atoms. The zero-order chi connectivity index (χ0) is 15.4. The smallest absolute Gasteiger partial charge is 0.407 e. The Morgan fingerprint density at radius 2 is 2.33 bits per heavy atom. The Bertz CT molecular complexity index is 526. The second-order valence-corrected chi connectivity index (χ2v) is 5.29. The lowest BCUT2D eigenvalue weighted by Gasteiger charge is -2.12. The van der Waals surface area contributed by atoms with Gasteiger partial charge in [0.15, 0.2) is 5.69 Å². The maximum Gasteiger partial charge on any atom is 0.407 e. The standard InChI is InChI=1S/C13H20N4O4/c1-4-20-12(18)11-10(5-8(2)3)17(16-15-11)7-9-6-14-13(19)21-9/h8-9H,4-7H2,1-3H3,(H,14,19). The molecule has 21 heavy (non-hydrogen) atoms. The van der Waals surface area contributed by atoms with Gasteiger partial charge in [0.05, 0.1) is 25.4 Å². The van der Waals surface area contributed by atoms with Crippen LogP contribution in [0.25, 0.3) is 0 Å². The minimum Gasteiger partial charge on any atom is -0.461 e. The Kier molecular flexibility index (Phi) is 4.77. The first-order valence-corrected chi connectivity index (χ1v) is 7.05. The van der Waals surface area contributed by atoms with Gasteiger partial charge in [0.1, 0.15) is 6.10 Å². The van der Waals surface area contributed by atoms with Crippen LogP contribution >= 0.6 is 0 Å². The number of nitrogens with zero attached hydrogens (tertiary/aromatic N) is 3. The van der Waals surface area contributed by atoms with E-state index in [2.05, 4.69) is 15.6 Å². The van der Waals surface area contributed by atoms with Gasteiger partial charge >= 0.3 is 12.1 Å². The van der Waals surface area contributed by atoms with Crippen LogP contribution in [0.2, 0.25) is 0 Å². The molecule has 0 aliphatic carbocycles. The van der Waals surface area contributed by atoms with E-state index >= 15 is 0 Å². The molecule has 1 amide bonds. The number of rotatable bonds is 6. The topological polar surface area (TPSA) is 95.3 Å². The monoisotopic (exact) mass is 296 g/mol. The summed E-state index contributed by atoms with van der Waals surface area (Å²) >= 11 is 0. The molecule has 8 heteroatoms. The molecule has 0 saturated carbocycles. The highest BCUT2D eigenvalue weighted by Gasteiger charge is 2.27. The summed E-state index contributed by atoms with van der Waals surface area (Å²) in [6, 6.07) is 0. The van der Waals surface area contributed by atoms with Crippen molar-refractivity contribution in [1.82, 2.24) is 20.3 Å². The minimum atomic E-state index is -0.471. The number of cyclic esters (lactones) is 1. The van der Waals surface area contributed by atoms with Crippen molar-refractivity contribution in [2.45, 2.75) is 39.8 Å². The van der Waals surface area contributed by atoms with E-state index < -0.39 is 12.1 Å². The Morgan fingerprint density at radius 1 is 1.57 bits per heavy atom. The molecule has 116 valence electrons. The normalized spacial score (nSPS) is 17.7. The first kappa shape index (κ1) is 15.3. The molecule has 1 atom stereocenters. The second-order valence-electron chi connectivity index (χ2n) is 5.29. The van der Waals surface area contributed by atoms with E-state index in [1.807, 2.05) is 13.8 Å². The van der Waals surface area contributed by atoms with Crippen molar-refractivity contribution in [1.29, 1.82) is 0 Å². The highest BCUT2D eigenvalue weighted by atomic mass is 16.6. The molecular weight excluding hydrogens is 276 g/mol. The summed E-state index contributed by atoms with van der Waals surface area (Å²) in [5.41, 5.74) is 0.953. The molecule has 1 N–H and O–H groups in total. The molecule has 1 unspecified atom stereocenters. The number of nitrogens with one attached hydrogen (secondary N) is 1. The number of carbonyl (C=O) groups excluding carboxylic acids is 2. The predicted molar refractivity (Wildman–Crippen MR) is 72.8 cm³/mol. The number of carbonyl (C=O) groups is 2. The summed E-state index contributed by atoms with van der Waals surface area (Å²) in [7, 11) is 0. The molecule has 0 aromatic carbocycles. The average Bonchev–Trinajstić information content (AvgIpc) is 2.97. The van der Waals surface area contributed by atoms with Crippen LogP contribution in [-0.2, 0) is 22.4 Å². The molecular formula is C13H20N4O4. The summed E-state index contributed by atoms with van der Waals surface area (Å²) in [4.78, 5) is 23.0. The highest BCUT2D eigenvalue weighted by molar-refractivity contribution is 5.88. The third kappa shape index (κ3) is 3.71. The van der Waals surface area contributed by atoms with E-state index in [1.165, 1.54) is 0 Å². The van der Waals surface area contributed by atoms with Gasteiger partial charge in [-0.3, -0.25) is 0 Å². The molecule has 1 aromatic heterocycles. The summed E-state index contributed by atoms with van der Waals surface area (Å²) in [5, 5.41) is 10.5. The Labute approximate surface area is 122 Å². The lowest BCUT2D eigenvalue weighted by Crippen LogP contribution is -2.23. The van der Waals surface area contributed by atoms with Gasteiger partial charge in [-0.15, -0.1) is 5.10 Å². The molecule has 0 radical (unpaired) electrons. The number of aromatic nitrogens is 3. The lowest BCUT2D eigenvalue weighted by atomic mass is 10.1. The van der Waals surface area contributed by atoms with Crippen molar-refractivity contribution in [2.75, 3.05) is 13.2 Å². The molecule has 1 aliphatic heterocycles. The largest absolute Gasteiger partial charge is 0.461 e. The SMILES string of the molecule is CCOC(=O)c1nnn(CC2CNC(=O)O2)c1CC(C)C. The van der Waals surface area contributed by atoms with Gasteiger partial charge < -0.3 is 14.8 Å². The first-order chi connectivity index (χ1) is 10.0. The van der Waals surface area contributed by atoms with E-state index in [0.717, 1.165) is 0 Å². The van der Waals surface area contributed by atoms with Crippen molar-refractivity contribution in [2.24, 2.45) is 5.92 Å². The van der Waals surface area contributed by atoms with E-state index in [0.29, 0.717) is 31.1 Å². The first-order valence-electron chi connectivity index (χ1n) is 7.05. The van der Waals surface area contributed by atoms with Crippen LogP contribution in [0.4, 0.5) is 4.79 Å². The van der Waals surface area contributed by atoms with Gasteiger partial charge in [-0.1, -0.05) is 19.1 Å². The summed E-state index contributed by atoms with van der Waals surface area (Å²) < 4.78 is 11.7. The Morgan fingerprint density at radius 3 is 2.90 bits per heavy atom. The fourth-order valence-electron chi connectivity index (χ4n) is 2.15. The van der Waals surface area contributed by atoms with Gasteiger partial charge in [-0.25, -0.2) is 14.3 Å². The maximum absolute atomic E-state index is 11.9. The molecule has 8 nitrogen and oxygen atoms in total. The summed E-state index contributed by atoms with van der Waals surface area (Å²) in [6.45, 7) is 6.92. The van der Waals surface area contributed by atoms with Crippen molar-refractivity contribution in [3.63, 3.8) is 0 Å². The zero-order valence-electron chi connectivity index (χ0n) is 12.5. The van der Waals surface area contributed by atoms with Gasteiger partial charge in [-0.05, 0) is 19.3 Å². The summed E-state index contributed by atoms with van der Waals surface area (Å²) in [6.07, 6.45) is -0.0915. The molecule has 1 aromatic rings. The molecule has 1 saturated heterocycles. The number of esters is 1. The Hall–Kier alpha value is -2.12. The number of hydrogen-bond donors (Lipinski definition) is 1. The lowest BCUT2D eigenvalue weighted by molar-refractivity contribution is 0.0517. The van der Waals surface area contributed by atoms with Crippen LogP contribution in [0, 0.1) is 5.92 Å². The average molecular weight is 296 g/mol. The van der Waals surface area contributed by atoms with Gasteiger partial charge in [0, 0.05) is 0 Å². The van der Waals surface area contributed by atoms with Crippen LogP contribution < -0.4 is 5.32 Å². The van der Waals surface area contributed by atoms with E-state index in [-0.39, 0.29) is 18.4 Å². The van der Waals surface area contributed by atoms with Gasteiger partial charge in [-0.2, -0.15) is 0 Å². The van der Waals surface area contributed by atoms with Crippen molar-refractivity contribution >= 4 is 12.1 Å². The van der Waals surface area contributed by atoms with E-state index in [4.69, 9.17) is 9.47 Å². The number of amides is 1. The molecule has 2 rings (SSSR count). The zero-order valence-corrected chi connectivity index (χ0v) is 12.5. The minimum absolute atomic E-state index is 0.239.